The van der Waals surface area contributed by atoms with Gasteiger partial charge in [0.1, 0.15) is 0 Å². The van der Waals surface area contributed by atoms with Gasteiger partial charge in [-0.25, -0.2) is 0 Å². The van der Waals surface area contributed by atoms with Crippen molar-refractivity contribution < 1.29 is 4.79 Å². The number of carbonyl (C=O) groups is 1. The maximum atomic E-state index is 12.7. The molecule has 1 atom stereocenters. The Bertz CT molecular complexity index is 434. The maximum Gasteiger partial charge on any atom is 0.254 e. The van der Waals surface area contributed by atoms with E-state index in [1.54, 1.807) is 0 Å². The number of rotatable bonds is 3. The minimum absolute atomic E-state index is 0.171. The number of nitrogens with zero attached hydrogens (tertiary/aromatic N) is 1. The quantitative estimate of drug-likeness (QED) is 0.908. The minimum Gasteiger partial charge on any atom is -0.336 e. The van der Waals surface area contributed by atoms with Crippen molar-refractivity contribution in [2.24, 2.45) is 5.73 Å². The zero-order chi connectivity index (χ0) is 13.8. The van der Waals surface area contributed by atoms with Crippen LogP contribution in [0.3, 0.4) is 0 Å². The highest BCUT2D eigenvalue weighted by atomic mass is 16.2. The van der Waals surface area contributed by atoms with Gasteiger partial charge < -0.3 is 10.6 Å². The summed E-state index contributed by atoms with van der Waals surface area (Å²) in [5.74, 6) is 0.171. The maximum absolute atomic E-state index is 12.7. The van der Waals surface area contributed by atoms with Crippen LogP contribution < -0.4 is 5.73 Å². The van der Waals surface area contributed by atoms with Crippen molar-refractivity contribution in [3.05, 3.63) is 34.9 Å². The number of benzene rings is 1. The van der Waals surface area contributed by atoms with Crippen LogP contribution in [0.1, 0.15) is 47.2 Å². The number of nitrogens with two attached hydrogens (primary N) is 1. The number of aryl methyl sites for hydroxylation is 2. The van der Waals surface area contributed by atoms with E-state index in [1.807, 2.05) is 30.9 Å². The van der Waals surface area contributed by atoms with Crippen LogP contribution in [0, 0.1) is 13.8 Å². The van der Waals surface area contributed by atoms with Gasteiger partial charge in [0.05, 0.1) is 0 Å². The zero-order valence-electron chi connectivity index (χ0n) is 12.0. The van der Waals surface area contributed by atoms with Gasteiger partial charge in [-0.2, -0.15) is 0 Å². The van der Waals surface area contributed by atoms with Crippen molar-refractivity contribution in [3.63, 3.8) is 0 Å². The fourth-order valence-corrected chi connectivity index (χ4v) is 3.02. The molecule has 0 saturated carbocycles. The molecule has 3 heteroatoms. The normalized spacial score (nSPS) is 19.5. The molecule has 0 aliphatic carbocycles. The Balaban J connectivity index is 2.20. The molecule has 104 valence electrons. The number of amides is 1. The molecule has 1 amide bonds. The van der Waals surface area contributed by atoms with E-state index >= 15 is 0 Å². The van der Waals surface area contributed by atoms with Crippen molar-refractivity contribution in [3.8, 4) is 0 Å². The van der Waals surface area contributed by atoms with Crippen LogP contribution in [0.2, 0.25) is 0 Å². The molecule has 2 rings (SSSR count). The zero-order valence-corrected chi connectivity index (χ0v) is 12.0. The molecule has 0 bridgehead atoms. The van der Waals surface area contributed by atoms with E-state index in [-0.39, 0.29) is 5.91 Å². The minimum atomic E-state index is 0.171. The summed E-state index contributed by atoms with van der Waals surface area (Å²) in [7, 11) is 0. The number of likely N-dealkylation sites (tertiary alicyclic amines) is 1. The van der Waals surface area contributed by atoms with Gasteiger partial charge in [0.15, 0.2) is 0 Å². The van der Waals surface area contributed by atoms with Crippen molar-refractivity contribution in [2.75, 3.05) is 13.1 Å². The summed E-state index contributed by atoms with van der Waals surface area (Å²) in [6, 6.07) is 6.41. The van der Waals surface area contributed by atoms with Gasteiger partial charge in [-0.1, -0.05) is 17.2 Å². The molecule has 1 fully saturated rings. The topological polar surface area (TPSA) is 46.3 Å². The van der Waals surface area contributed by atoms with Crippen molar-refractivity contribution in [2.45, 2.75) is 45.6 Å². The van der Waals surface area contributed by atoms with Crippen LogP contribution >= 0.6 is 0 Å². The Morgan fingerprint density at radius 3 is 2.58 bits per heavy atom. The molecule has 1 aliphatic rings. The van der Waals surface area contributed by atoms with Gasteiger partial charge in [-0.05, 0) is 58.2 Å². The summed E-state index contributed by atoms with van der Waals surface area (Å²) in [5, 5.41) is 0. The Kier molecular flexibility index (Phi) is 4.59. The summed E-state index contributed by atoms with van der Waals surface area (Å²) in [6.45, 7) is 5.60. The third-order valence-corrected chi connectivity index (χ3v) is 3.86. The lowest BCUT2D eigenvalue weighted by Gasteiger charge is -2.36. The standard InChI is InChI=1S/C16H24N2O/c1-12-9-13(2)11-14(10-12)16(19)18-8-4-3-5-15(18)6-7-17/h9-11,15H,3-8,17H2,1-2H3. The Morgan fingerprint density at radius 1 is 1.26 bits per heavy atom. The lowest BCUT2D eigenvalue weighted by Crippen LogP contribution is -2.44. The predicted molar refractivity (Wildman–Crippen MR) is 78.3 cm³/mol. The van der Waals surface area contributed by atoms with Crippen LogP contribution in [-0.4, -0.2) is 29.9 Å². The van der Waals surface area contributed by atoms with E-state index in [9.17, 15) is 4.79 Å². The lowest BCUT2D eigenvalue weighted by molar-refractivity contribution is 0.0605. The molecule has 0 aromatic heterocycles. The van der Waals surface area contributed by atoms with E-state index in [2.05, 4.69) is 6.07 Å². The van der Waals surface area contributed by atoms with Gasteiger partial charge >= 0.3 is 0 Å². The molecule has 1 saturated heterocycles. The molecule has 2 N–H and O–H groups in total. The number of piperidine rings is 1. The third-order valence-electron chi connectivity index (χ3n) is 3.86. The first-order valence-corrected chi connectivity index (χ1v) is 7.21. The first-order valence-electron chi connectivity index (χ1n) is 7.21. The first kappa shape index (κ1) is 14.1. The van der Waals surface area contributed by atoms with Crippen molar-refractivity contribution in [1.29, 1.82) is 0 Å². The average Bonchev–Trinajstić information content (AvgIpc) is 2.38. The number of hydrogen-bond donors (Lipinski definition) is 1. The van der Waals surface area contributed by atoms with Gasteiger partial charge in [0, 0.05) is 18.2 Å². The highest BCUT2D eigenvalue weighted by molar-refractivity contribution is 5.94. The largest absolute Gasteiger partial charge is 0.336 e. The third kappa shape index (κ3) is 3.35. The fourth-order valence-electron chi connectivity index (χ4n) is 3.02. The van der Waals surface area contributed by atoms with Crippen LogP contribution in [0.25, 0.3) is 0 Å². The van der Waals surface area contributed by atoms with Crippen LogP contribution in [0.4, 0.5) is 0 Å². The summed E-state index contributed by atoms with van der Waals surface area (Å²) < 4.78 is 0. The highest BCUT2D eigenvalue weighted by Gasteiger charge is 2.26. The van der Waals surface area contributed by atoms with Crippen LogP contribution in [-0.2, 0) is 0 Å². The Labute approximate surface area is 115 Å². The average molecular weight is 260 g/mol. The number of hydrogen-bond acceptors (Lipinski definition) is 2. The van der Waals surface area contributed by atoms with Crippen LogP contribution in [0.5, 0.6) is 0 Å². The Morgan fingerprint density at radius 2 is 1.95 bits per heavy atom. The second-order valence-corrected chi connectivity index (χ2v) is 5.60. The molecular weight excluding hydrogens is 236 g/mol. The van der Waals surface area contributed by atoms with Gasteiger partial charge in [0.25, 0.3) is 5.91 Å². The molecule has 0 radical (unpaired) electrons. The molecule has 1 heterocycles. The molecular formula is C16H24N2O. The second-order valence-electron chi connectivity index (χ2n) is 5.60. The van der Waals surface area contributed by atoms with E-state index in [1.165, 1.54) is 6.42 Å². The van der Waals surface area contributed by atoms with E-state index in [0.717, 1.165) is 42.5 Å². The van der Waals surface area contributed by atoms with Crippen molar-refractivity contribution >= 4 is 5.91 Å². The molecule has 1 aromatic rings. The number of carbonyl (C=O) groups excluding carboxylic acids is 1. The van der Waals surface area contributed by atoms with E-state index < -0.39 is 0 Å². The molecule has 19 heavy (non-hydrogen) atoms. The van der Waals surface area contributed by atoms with Gasteiger partial charge in [-0.3, -0.25) is 4.79 Å². The summed E-state index contributed by atoms with van der Waals surface area (Å²) in [4.78, 5) is 14.7. The van der Waals surface area contributed by atoms with Gasteiger partial charge in [-0.15, -0.1) is 0 Å². The SMILES string of the molecule is Cc1cc(C)cc(C(=O)N2CCCCC2CCN)c1. The molecule has 1 aromatic carbocycles. The predicted octanol–water partition coefficient (Wildman–Crippen LogP) is 2.65. The van der Waals surface area contributed by atoms with Crippen molar-refractivity contribution in [1.82, 2.24) is 4.90 Å². The highest BCUT2D eigenvalue weighted by Crippen LogP contribution is 2.22. The monoisotopic (exact) mass is 260 g/mol. The fraction of sp³-hybridized carbons (Fsp3) is 0.562. The Hall–Kier alpha value is -1.35. The van der Waals surface area contributed by atoms with E-state index in [4.69, 9.17) is 5.73 Å². The first-order chi connectivity index (χ1) is 9.11. The smallest absolute Gasteiger partial charge is 0.254 e. The second kappa shape index (κ2) is 6.20. The lowest BCUT2D eigenvalue weighted by atomic mass is 9.97. The summed E-state index contributed by atoms with van der Waals surface area (Å²) >= 11 is 0. The van der Waals surface area contributed by atoms with Crippen LogP contribution in [0.15, 0.2) is 18.2 Å². The van der Waals surface area contributed by atoms with E-state index in [0.29, 0.717) is 12.6 Å². The summed E-state index contributed by atoms with van der Waals surface area (Å²) in [5.41, 5.74) is 8.79. The molecule has 3 nitrogen and oxygen atoms in total. The van der Waals surface area contributed by atoms with Gasteiger partial charge in [0.2, 0.25) is 0 Å². The summed E-state index contributed by atoms with van der Waals surface area (Å²) in [6.07, 6.45) is 4.32. The molecule has 1 unspecified atom stereocenters. The molecule has 0 spiro atoms. The molecule has 1 aliphatic heterocycles.